The molecule has 0 atom stereocenters. The monoisotopic (exact) mass is 302 g/mol. The number of hydrogen-bond acceptors (Lipinski definition) is 6. The summed E-state index contributed by atoms with van der Waals surface area (Å²) in [5.74, 6) is -0.426. The van der Waals surface area contributed by atoms with Crippen LogP contribution in [0.5, 0.6) is 5.75 Å². The lowest BCUT2D eigenvalue weighted by atomic mass is 10.3. The first-order valence-electron chi connectivity index (χ1n) is 6.48. The van der Waals surface area contributed by atoms with Crippen molar-refractivity contribution in [3.05, 3.63) is 34.4 Å². The van der Waals surface area contributed by atoms with Gasteiger partial charge >= 0.3 is 5.69 Å². The highest BCUT2D eigenvalue weighted by Gasteiger charge is 2.18. The van der Waals surface area contributed by atoms with Crippen LogP contribution in [-0.2, 0) is 4.79 Å². The van der Waals surface area contributed by atoms with Gasteiger partial charge in [-0.15, -0.1) is 0 Å². The third-order valence-electron chi connectivity index (χ3n) is 2.75. The molecule has 0 aliphatic heterocycles. The number of nitriles is 2. The zero-order valence-corrected chi connectivity index (χ0v) is 11.8. The van der Waals surface area contributed by atoms with Crippen molar-refractivity contribution in [2.75, 3.05) is 19.7 Å². The predicted octanol–water partition coefficient (Wildman–Crippen LogP) is 1.63. The molecule has 0 spiro atoms. The summed E-state index contributed by atoms with van der Waals surface area (Å²) in [6.07, 6.45) is 0.283. The van der Waals surface area contributed by atoms with Crippen molar-refractivity contribution < 1.29 is 14.5 Å². The van der Waals surface area contributed by atoms with Gasteiger partial charge in [-0.2, -0.15) is 10.5 Å². The zero-order chi connectivity index (χ0) is 16.4. The quantitative estimate of drug-likeness (QED) is 0.531. The molecule has 0 radical (unpaired) electrons. The third-order valence-corrected chi connectivity index (χ3v) is 2.75. The van der Waals surface area contributed by atoms with E-state index in [1.807, 2.05) is 12.1 Å². The van der Waals surface area contributed by atoms with E-state index in [2.05, 4.69) is 0 Å². The summed E-state index contributed by atoms with van der Waals surface area (Å²) in [6, 6.07) is 9.59. The Hall–Kier alpha value is -3.13. The van der Waals surface area contributed by atoms with E-state index < -0.39 is 10.8 Å². The van der Waals surface area contributed by atoms with Gasteiger partial charge in [-0.05, 0) is 6.07 Å². The Morgan fingerprint density at radius 1 is 1.23 bits per heavy atom. The summed E-state index contributed by atoms with van der Waals surface area (Å²) >= 11 is 0. The van der Waals surface area contributed by atoms with E-state index >= 15 is 0 Å². The first-order chi connectivity index (χ1) is 10.6. The van der Waals surface area contributed by atoms with Gasteiger partial charge in [0.2, 0.25) is 0 Å². The van der Waals surface area contributed by atoms with Gasteiger partial charge in [-0.25, -0.2) is 0 Å². The molecule has 1 amide bonds. The number of benzene rings is 1. The summed E-state index contributed by atoms with van der Waals surface area (Å²) in [5.41, 5.74) is -0.226. The van der Waals surface area contributed by atoms with E-state index in [-0.39, 0.29) is 44.0 Å². The van der Waals surface area contributed by atoms with Crippen LogP contribution in [0.15, 0.2) is 24.3 Å². The largest absolute Gasteiger partial charge is 0.477 e. The van der Waals surface area contributed by atoms with Gasteiger partial charge in [0.15, 0.2) is 12.4 Å². The molecular weight excluding hydrogens is 288 g/mol. The average Bonchev–Trinajstić information content (AvgIpc) is 2.53. The molecule has 22 heavy (non-hydrogen) atoms. The van der Waals surface area contributed by atoms with Crippen LogP contribution in [0.2, 0.25) is 0 Å². The maximum absolute atomic E-state index is 12.0. The minimum absolute atomic E-state index is 0.00127. The molecule has 8 heteroatoms. The lowest BCUT2D eigenvalue weighted by Gasteiger charge is -2.20. The number of carbonyl (C=O) groups excluding carboxylic acids is 1. The molecule has 1 aromatic rings. The van der Waals surface area contributed by atoms with E-state index in [1.165, 1.54) is 23.1 Å². The topological polar surface area (TPSA) is 120 Å². The molecule has 0 fully saturated rings. The van der Waals surface area contributed by atoms with Crippen molar-refractivity contribution >= 4 is 11.6 Å². The lowest BCUT2D eigenvalue weighted by molar-refractivity contribution is -0.385. The van der Waals surface area contributed by atoms with Crippen LogP contribution in [0.1, 0.15) is 12.8 Å². The maximum atomic E-state index is 12.0. The number of carbonyl (C=O) groups is 1. The number of nitrogens with zero attached hydrogens (tertiary/aromatic N) is 4. The van der Waals surface area contributed by atoms with Crippen LogP contribution in [0.25, 0.3) is 0 Å². The van der Waals surface area contributed by atoms with E-state index in [0.29, 0.717) is 0 Å². The Labute approximate surface area is 127 Å². The molecule has 0 unspecified atom stereocenters. The number of para-hydroxylation sites is 2. The minimum atomic E-state index is -0.594. The molecule has 8 nitrogen and oxygen atoms in total. The number of rotatable bonds is 8. The lowest BCUT2D eigenvalue weighted by Crippen LogP contribution is -2.36. The van der Waals surface area contributed by atoms with E-state index in [1.54, 1.807) is 6.07 Å². The molecule has 1 aromatic carbocycles. The Bertz CT molecular complexity index is 600. The number of nitro groups is 1. The number of nitro benzene ring substituents is 1. The minimum Gasteiger partial charge on any atom is -0.477 e. The fraction of sp³-hybridized carbons (Fsp3) is 0.357. The van der Waals surface area contributed by atoms with Gasteiger partial charge in [0.05, 0.1) is 29.9 Å². The van der Waals surface area contributed by atoms with Crippen molar-refractivity contribution in [2.45, 2.75) is 12.8 Å². The predicted molar refractivity (Wildman–Crippen MR) is 75.6 cm³/mol. The molecule has 0 aliphatic rings. The molecule has 114 valence electrons. The van der Waals surface area contributed by atoms with Crippen molar-refractivity contribution in [3.8, 4) is 17.9 Å². The Kier molecular flexibility index (Phi) is 6.87. The molecule has 0 N–H and O–H groups in total. The summed E-state index contributed by atoms with van der Waals surface area (Å²) in [6.45, 7) is -0.00375. The van der Waals surface area contributed by atoms with Crippen LogP contribution >= 0.6 is 0 Å². The molecule has 0 aliphatic carbocycles. The van der Waals surface area contributed by atoms with Crippen LogP contribution in [0.3, 0.4) is 0 Å². The summed E-state index contributed by atoms with van der Waals surface area (Å²) in [4.78, 5) is 23.6. The van der Waals surface area contributed by atoms with Crippen LogP contribution in [0.4, 0.5) is 5.69 Å². The fourth-order valence-corrected chi connectivity index (χ4v) is 1.69. The van der Waals surface area contributed by atoms with Crippen molar-refractivity contribution in [1.82, 2.24) is 4.90 Å². The number of ether oxygens (including phenoxy) is 1. The molecule has 0 saturated carbocycles. The maximum Gasteiger partial charge on any atom is 0.310 e. The van der Waals surface area contributed by atoms with E-state index in [4.69, 9.17) is 15.3 Å². The Morgan fingerprint density at radius 2 is 1.82 bits per heavy atom. The first kappa shape index (κ1) is 16.9. The van der Waals surface area contributed by atoms with E-state index in [9.17, 15) is 14.9 Å². The molecule has 0 bridgehead atoms. The van der Waals surface area contributed by atoms with Gasteiger partial charge in [0.25, 0.3) is 5.91 Å². The van der Waals surface area contributed by atoms with Crippen molar-refractivity contribution in [3.63, 3.8) is 0 Å². The molecule has 0 saturated heterocycles. The van der Waals surface area contributed by atoms with Gasteiger partial charge in [-0.3, -0.25) is 14.9 Å². The Balaban J connectivity index is 2.68. The van der Waals surface area contributed by atoms with Crippen molar-refractivity contribution in [2.24, 2.45) is 0 Å². The normalized spacial score (nSPS) is 9.36. The second-order valence-electron chi connectivity index (χ2n) is 4.21. The highest BCUT2D eigenvalue weighted by atomic mass is 16.6. The zero-order valence-electron chi connectivity index (χ0n) is 11.8. The summed E-state index contributed by atoms with van der Waals surface area (Å²) in [5, 5.41) is 28.0. The summed E-state index contributed by atoms with van der Waals surface area (Å²) in [7, 11) is 0. The smallest absolute Gasteiger partial charge is 0.310 e. The highest BCUT2D eigenvalue weighted by Crippen LogP contribution is 2.25. The van der Waals surface area contributed by atoms with Gasteiger partial charge < -0.3 is 9.64 Å². The standard InChI is InChI=1S/C14H14N4O4/c15-7-3-9-17(10-4-8-16)14(19)11-22-13-6-2-1-5-12(13)18(20)21/h1-2,5-6H,3-4,9-11H2. The average molecular weight is 302 g/mol. The first-order valence-corrected chi connectivity index (χ1v) is 6.48. The van der Waals surface area contributed by atoms with Gasteiger partial charge in [-0.1, -0.05) is 12.1 Å². The molecule has 1 rings (SSSR count). The summed E-state index contributed by atoms with van der Waals surface area (Å²) < 4.78 is 5.20. The van der Waals surface area contributed by atoms with Gasteiger partial charge in [0.1, 0.15) is 0 Å². The fourth-order valence-electron chi connectivity index (χ4n) is 1.69. The van der Waals surface area contributed by atoms with Gasteiger partial charge in [0, 0.05) is 19.2 Å². The molecule has 0 heterocycles. The second-order valence-corrected chi connectivity index (χ2v) is 4.21. The van der Waals surface area contributed by atoms with Crippen LogP contribution in [0, 0.1) is 32.8 Å². The Morgan fingerprint density at radius 3 is 2.36 bits per heavy atom. The van der Waals surface area contributed by atoms with Crippen molar-refractivity contribution in [1.29, 1.82) is 10.5 Å². The second kappa shape index (κ2) is 8.93. The third kappa shape index (κ3) is 5.10. The molecular formula is C14H14N4O4. The highest BCUT2D eigenvalue weighted by molar-refractivity contribution is 5.78. The van der Waals surface area contributed by atoms with Crippen LogP contribution < -0.4 is 4.74 Å². The van der Waals surface area contributed by atoms with E-state index in [0.717, 1.165) is 0 Å². The SMILES string of the molecule is N#CCCN(CCC#N)C(=O)COc1ccccc1[N+](=O)[O-]. The molecule has 0 aromatic heterocycles. The number of amides is 1. The van der Waals surface area contributed by atoms with Crippen LogP contribution in [-0.4, -0.2) is 35.4 Å². The number of hydrogen-bond donors (Lipinski definition) is 0.